The Balaban J connectivity index is 1.59. The number of ether oxygens (including phenoxy) is 1. The van der Waals surface area contributed by atoms with E-state index in [4.69, 9.17) is 4.74 Å². The molecule has 0 spiro atoms. The Hall–Kier alpha value is -1.92. The molecule has 0 bridgehead atoms. The lowest BCUT2D eigenvalue weighted by molar-refractivity contribution is -0.137. The molecule has 3 rings (SSSR count). The van der Waals surface area contributed by atoms with Crippen LogP contribution in [0.3, 0.4) is 0 Å². The first-order chi connectivity index (χ1) is 13.5. The van der Waals surface area contributed by atoms with Gasteiger partial charge in [0.1, 0.15) is 0 Å². The van der Waals surface area contributed by atoms with Crippen LogP contribution in [0.15, 0.2) is 24.3 Å². The lowest BCUT2D eigenvalue weighted by Crippen LogP contribution is -2.53. The quantitative estimate of drug-likeness (QED) is 0.693. The number of carbonyl (C=O) groups is 2. The van der Waals surface area contributed by atoms with Gasteiger partial charge in [-0.05, 0) is 50.7 Å². The highest BCUT2D eigenvalue weighted by atomic mass is 16.5. The predicted molar refractivity (Wildman–Crippen MR) is 109 cm³/mol. The lowest BCUT2D eigenvalue weighted by atomic mass is 9.93. The molecule has 0 saturated carbocycles. The third kappa shape index (κ3) is 5.55. The molecule has 2 amide bonds. The van der Waals surface area contributed by atoms with Crippen molar-refractivity contribution in [2.24, 2.45) is 0 Å². The highest BCUT2D eigenvalue weighted by Crippen LogP contribution is 2.25. The summed E-state index contributed by atoms with van der Waals surface area (Å²) in [5.41, 5.74) is 2.44. The van der Waals surface area contributed by atoms with Crippen LogP contribution >= 0.6 is 0 Å². The zero-order valence-corrected chi connectivity index (χ0v) is 17.2. The second kappa shape index (κ2) is 10.0. The first-order valence-electron chi connectivity index (χ1n) is 10.5. The van der Waals surface area contributed by atoms with Gasteiger partial charge in [0.15, 0.2) is 0 Å². The maximum absolute atomic E-state index is 13.1. The van der Waals surface area contributed by atoms with Gasteiger partial charge in [-0.15, -0.1) is 0 Å². The van der Waals surface area contributed by atoms with Gasteiger partial charge in [0.2, 0.25) is 11.8 Å². The fourth-order valence-electron chi connectivity index (χ4n) is 3.99. The molecule has 0 unspecified atom stereocenters. The predicted octanol–water partition coefficient (Wildman–Crippen LogP) is 1.97. The number of rotatable bonds is 8. The summed E-state index contributed by atoms with van der Waals surface area (Å²) in [7, 11) is 0. The van der Waals surface area contributed by atoms with Gasteiger partial charge in [-0.25, -0.2) is 0 Å². The van der Waals surface area contributed by atoms with Gasteiger partial charge in [-0.3, -0.25) is 14.5 Å². The Morgan fingerprint density at radius 3 is 2.61 bits per heavy atom. The van der Waals surface area contributed by atoms with Crippen molar-refractivity contribution in [2.75, 3.05) is 32.8 Å². The van der Waals surface area contributed by atoms with Gasteiger partial charge < -0.3 is 15.0 Å². The molecule has 0 aliphatic carbocycles. The van der Waals surface area contributed by atoms with Gasteiger partial charge in [-0.2, -0.15) is 0 Å². The van der Waals surface area contributed by atoms with E-state index in [0.29, 0.717) is 26.1 Å². The standard InChI is InChI=1S/C22H33N3O3/c1-17(2)28-13-7-10-23-21(26)16-25-15-19-9-4-3-8-18(19)14-20(25)22(27)24-11-5-6-12-24/h3-4,8-9,17,20H,5-7,10-16H2,1-2H3,(H,23,26)/t20-/m1/s1. The summed E-state index contributed by atoms with van der Waals surface area (Å²) in [6.07, 6.45) is 3.84. The smallest absolute Gasteiger partial charge is 0.240 e. The fraction of sp³-hybridized carbons (Fsp3) is 0.636. The third-order valence-electron chi connectivity index (χ3n) is 5.49. The van der Waals surface area contributed by atoms with Crippen LogP contribution in [-0.2, 0) is 27.3 Å². The van der Waals surface area contributed by atoms with Crippen molar-refractivity contribution < 1.29 is 14.3 Å². The van der Waals surface area contributed by atoms with Crippen LogP contribution in [0.2, 0.25) is 0 Å². The van der Waals surface area contributed by atoms with E-state index in [0.717, 1.165) is 32.4 Å². The minimum absolute atomic E-state index is 0.0249. The first-order valence-corrected chi connectivity index (χ1v) is 10.5. The number of hydrogen-bond acceptors (Lipinski definition) is 4. The molecule has 6 heteroatoms. The molecular weight excluding hydrogens is 354 g/mol. The summed E-state index contributed by atoms with van der Waals surface area (Å²) >= 11 is 0. The molecule has 1 saturated heterocycles. The summed E-state index contributed by atoms with van der Waals surface area (Å²) in [6.45, 7) is 7.83. The molecule has 1 aromatic carbocycles. The number of nitrogens with one attached hydrogen (secondary N) is 1. The van der Waals surface area contributed by atoms with Crippen molar-refractivity contribution in [3.05, 3.63) is 35.4 Å². The van der Waals surface area contributed by atoms with E-state index in [1.54, 1.807) is 0 Å². The zero-order valence-electron chi connectivity index (χ0n) is 17.2. The Kier molecular flexibility index (Phi) is 7.45. The maximum atomic E-state index is 13.1. The summed E-state index contributed by atoms with van der Waals surface area (Å²) in [6, 6.07) is 8.00. The molecule has 0 aromatic heterocycles. The van der Waals surface area contributed by atoms with E-state index in [1.165, 1.54) is 11.1 Å². The van der Waals surface area contributed by atoms with E-state index in [-0.39, 0.29) is 30.5 Å². The molecule has 2 heterocycles. The molecule has 6 nitrogen and oxygen atoms in total. The van der Waals surface area contributed by atoms with Crippen LogP contribution in [0.1, 0.15) is 44.2 Å². The van der Waals surface area contributed by atoms with Crippen molar-refractivity contribution in [1.82, 2.24) is 15.1 Å². The Morgan fingerprint density at radius 1 is 1.18 bits per heavy atom. The number of amides is 2. The van der Waals surface area contributed by atoms with Crippen molar-refractivity contribution in [3.8, 4) is 0 Å². The van der Waals surface area contributed by atoms with E-state index < -0.39 is 0 Å². The average Bonchev–Trinajstić information content (AvgIpc) is 3.21. The van der Waals surface area contributed by atoms with Crippen LogP contribution in [0.5, 0.6) is 0 Å². The van der Waals surface area contributed by atoms with Crippen molar-refractivity contribution >= 4 is 11.8 Å². The molecule has 154 valence electrons. The van der Waals surface area contributed by atoms with Crippen LogP contribution in [0.4, 0.5) is 0 Å². The molecular formula is C22H33N3O3. The molecule has 1 fully saturated rings. The van der Waals surface area contributed by atoms with Crippen LogP contribution in [0, 0.1) is 0 Å². The molecule has 1 N–H and O–H groups in total. The zero-order chi connectivity index (χ0) is 19.9. The highest BCUT2D eigenvalue weighted by molar-refractivity contribution is 5.84. The topological polar surface area (TPSA) is 61.9 Å². The van der Waals surface area contributed by atoms with Gasteiger partial charge in [0.05, 0.1) is 18.7 Å². The second-order valence-electron chi connectivity index (χ2n) is 8.05. The number of likely N-dealkylation sites (tertiary alicyclic amines) is 1. The molecule has 2 aliphatic heterocycles. The van der Waals surface area contributed by atoms with Crippen LogP contribution < -0.4 is 5.32 Å². The van der Waals surface area contributed by atoms with Crippen molar-refractivity contribution in [2.45, 2.75) is 58.2 Å². The Labute approximate surface area is 168 Å². The minimum atomic E-state index is -0.247. The maximum Gasteiger partial charge on any atom is 0.240 e. The second-order valence-corrected chi connectivity index (χ2v) is 8.05. The number of benzene rings is 1. The monoisotopic (exact) mass is 387 g/mol. The van der Waals surface area contributed by atoms with E-state index in [2.05, 4.69) is 17.4 Å². The third-order valence-corrected chi connectivity index (χ3v) is 5.49. The minimum Gasteiger partial charge on any atom is -0.379 e. The van der Waals surface area contributed by atoms with Crippen molar-refractivity contribution in [3.63, 3.8) is 0 Å². The highest BCUT2D eigenvalue weighted by Gasteiger charge is 2.35. The SMILES string of the molecule is CC(C)OCCCNC(=O)CN1Cc2ccccc2C[C@@H]1C(=O)N1CCCC1. The van der Waals surface area contributed by atoms with Crippen LogP contribution in [-0.4, -0.2) is 66.5 Å². The van der Waals surface area contributed by atoms with Gasteiger partial charge in [-0.1, -0.05) is 24.3 Å². The normalized spacial score (nSPS) is 19.7. The fourth-order valence-corrected chi connectivity index (χ4v) is 3.99. The largest absolute Gasteiger partial charge is 0.379 e. The number of fused-ring (bicyclic) bond motifs is 1. The average molecular weight is 388 g/mol. The Bertz CT molecular complexity index is 671. The van der Waals surface area contributed by atoms with E-state index in [1.807, 2.05) is 35.8 Å². The lowest BCUT2D eigenvalue weighted by Gasteiger charge is -2.37. The van der Waals surface area contributed by atoms with Gasteiger partial charge in [0.25, 0.3) is 0 Å². The summed E-state index contributed by atoms with van der Waals surface area (Å²) in [4.78, 5) is 29.6. The molecule has 1 atom stereocenters. The molecule has 1 aromatic rings. The molecule has 0 radical (unpaired) electrons. The number of hydrogen-bond donors (Lipinski definition) is 1. The number of nitrogens with zero attached hydrogens (tertiary/aromatic N) is 2. The molecule has 28 heavy (non-hydrogen) atoms. The van der Waals surface area contributed by atoms with Gasteiger partial charge >= 0.3 is 0 Å². The molecule has 2 aliphatic rings. The summed E-state index contributed by atoms with van der Waals surface area (Å²) in [5.74, 6) is 0.147. The summed E-state index contributed by atoms with van der Waals surface area (Å²) in [5, 5.41) is 2.97. The van der Waals surface area contributed by atoms with Gasteiger partial charge in [0, 0.05) is 32.8 Å². The van der Waals surface area contributed by atoms with E-state index in [9.17, 15) is 9.59 Å². The summed E-state index contributed by atoms with van der Waals surface area (Å²) < 4.78 is 5.51. The first kappa shape index (κ1) is 20.8. The van der Waals surface area contributed by atoms with E-state index >= 15 is 0 Å². The Morgan fingerprint density at radius 2 is 1.89 bits per heavy atom. The van der Waals surface area contributed by atoms with Crippen LogP contribution in [0.25, 0.3) is 0 Å². The number of carbonyl (C=O) groups excluding carboxylic acids is 2. The van der Waals surface area contributed by atoms with Crippen molar-refractivity contribution in [1.29, 1.82) is 0 Å².